The molecule has 154 valence electrons. The Bertz CT molecular complexity index is 859. The molecule has 1 aliphatic rings. The monoisotopic (exact) mass is 396 g/mol. The number of nitrogens with one attached hydrogen (secondary N) is 2. The van der Waals surface area contributed by atoms with Crippen LogP contribution in [0, 0.1) is 13.8 Å². The number of piperidine rings is 1. The van der Waals surface area contributed by atoms with Gasteiger partial charge in [0.2, 0.25) is 0 Å². The Morgan fingerprint density at radius 3 is 2.59 bits per heavy atom. The lowest BCUT2D eigenvalue weighted by molar-refractivity contribution is 0.0860. The van der Waals surface area contributed by atoms with Crippen molar-refractivity contribution in [2.75, 3.05) is 25.0 Å². The number of ether oxygens (including phenoxy) is 1. The minimum Gasteiger partial charge on any atom is -0.450 e. The number of anilines is 2. The summed E-state index contributed by atoms with van der Waals surface area (Å²) in [5.41, 5.74) is 3.90. The van der Waals surface area contributed by atoms with Crippen LogP contribution in [-0.2, 0) is 4.74 Å². The zero-order valence-corrected chi connectivity index (χ0v) is 17.2. The van der Waals surface area contributed by atoms with Crippen LogP contribution in [-0.4, -0.2) is 47.6 Å². The number of aromatic nitrogens is 1. The number of benzene rings is 1. The molecule has 1 aromatic carbocycles. The number of rotatable bonds is 5. The molecule has 0 atom stereocenters. The second kappa shape index (κ2) is 9.41. The largest absolute Gasteiger partial charge is 0.450 e. The first kappa shape index (κ1) is 20.6. The second-order valence-corrected chi connectivity index (χ2v) is 7.24. The molecule has 2 amide bonds. The number of hydrogen-bond donors (Lipinski definition) is 2. The molecule has 0 radical (unpaired) electrons. The summed E-state index contributed by atoms with van der Waals surface area (Å²) in [6.07, 6.45) is 2.72. The van der Waals surface area contributed by atoms with Gasteiger partial charge in [-0.05, 0) is 62.9 Å². The van der Waals surface area contributed by atoms with Crippen molar-refractivity contribution in [3.63, 3.8) is 0 Å². The molecular formula is C22H28N4O3. The second-order valence-electron chi connectivity index (χ2n) is 7.24. The third-order valence-electron chi connectivity index (χ3n) is 5.25. The van der Waals surface area contributed by atoms with Crippen LogP contribution >= 0.6 is 0 Å². The minimum atomic E-state index is -0.284. The summed E-state index contributed by atoms with van der Waals surface area (Å²) in [6.45, 7) is 7.46. The van der Waals surface area contributed by atoms with Crippen LogP contribution in [0.2, 0.25) is 0 Å². The SMILES string of the molecule is CCOC(=O)N1CCC(NC(=O)c2ccc(Nc3cccc(C)c3C)nc2)CC1. The lowest BCUT2D eigenvalue weighted by atomic mass is 10.0. The van der Waals surface area contributed by atoms with Gasteiger partial charge in [0, 0.05) is 31.0 Å². The first-order chi connectivity index (χ1) is 14.0. The van der Waals surface area contributed by atoms with Crippen molar-refractivity contribution >= 4 is 23.5 Å². The average molecular weight is 396 g/mol. The van der Waals surface area contributed by atoms with Gasteiger partial charge in [-0.2, -0.15) is 0 Å². The van der Waals surface area contributed by atoms with Gasteiger partial charge >= 0.3 is 6.09 Å². The van der Waals surface area contributed by atoms with Gasteiger partial charge in [0.15, 0.2) is 0 Å². The van der Waals surface area contributed by atoms with Crippen molar-refractivity contribution in [2.24, 2.45) is 0 Å². The number of nitrogens with zero attached hydrogens (tertiary/aromatic N) is 2. The van der Waals surface area contributed by atoms with Crippen LogP contribution in [0.5, 0.6) is 0 Å². The molecule has 2 aromatic rings. The van der Waals surface area contributed by atoms with Crippen molar-refractivity contribution in [3.05, 3.63) is 53.2 Å². The molecule has 0 unspecified atom stereocenters. The van der Waals surface area contributed by atoms with Crippen LogP contribution < -0.4 is 10.6 Å². The van der Waals surface area contributed by atoms with E-state index in [-0.39, 0.29) is 18.0 Å². The van der Waals surface area contributed by atoms with Crippen molar-refractivity contribution in [1.82, 2.24) is 15.2 Å². The van der Waals surface area contributed by atoms with E-state index >= 15 is 0 Å². The highest BCUT2D eigenvalue weighted by molar-refractivity contribution is 5.94. The summed E-state index contributed by atoms with van der Waals surface area (Å²) in [4.78, 5) is 30.3. The third-order valence-corrected chi connectivity index (χ3v) is 5.25. The Kier molecular flexibility index (Phi) is 6.69. The van der Waals surface area contributed by atoms with Crippen LogP contribution in [0.3, 0.4) is 0 Å². The molecule has 7 nitrogen and oxygen atoms in total. The molecule has 0 bridgehead atoms. The quantitative estimate of drug-likeness (QED) is 0.803. The topological polar surface area (TPSA) is 83.6 Å². The summed E-state index contributed by atoms with van der Waals surface area (Å²) in [5.74, 6) is 0.545. The molecule has 1 aliphatic heterocycles. The predicted molar refractivity (Wildman–Crippen MR) is 113 cm³/mol. The smallest absolute Gasteiger partial charge is 0.409 e. The molecule has 1 fully saturated rings. The van der Waals surface area contributed by atoms with E-state index in [1.165, 1.54) is 11.1 Å². The van der Waals surface area contributed by atoms with Crippen molar-refractivity contribution < 1.29 is 14.3 Å². The van der Waals surface area contributed by atoms with Crippen molar-refractivity contribution in [1.29, 1.82) is 0 Å². The first-order valence-corrected chi connectivity index (χ1v) is 9.99. The molecular weight excluding hydrogens is 368 g/mol. The highest BCUT2D eigenvalue weighted by Gasteiger charge is 2.24. The number of pyridine rings is 1. The van der Waals surface area contributed by atoms with Crippen LogP contribution in [0.15, 0.2) is 36.5 Å². The van der Waals surface area contributed by atoms with E-state index in [1.54, 1.807) is 30.2 Å². The zero-order valence-electron chi connectivity index (χ0n) is 17.2. The Balaban J connectivity index is 1.53. The maximum absolute atomic E-state index is 12.5. The van der Waals surface area contributed by atoms with Crippen molar-refractivity contribution in [2.45, 2.75) is 39.7 Å². The van der Waals surface area contributed by atoms with E-state index in [0.29, 0.717) is 43.9 Å². The molecule has 0 aliphatic carbocycles. The van der Waals surface area contributed by atoms with E-state index in [0.717, 1.165) is 5.69 Å². The maximum Gasteiger partial charge on any atom is 0.409 e. The number of aryl methyl sites for hydroxylation is 1. The molecule has 2 N–H and O–H groups in total. The number of hydrogen-bond acceptors (Lipinski definition) is 5. The van der Waals surface area contributed by atoms with E-state index in [4.69, 9.17) is 4.74 Å². The third kappa shape index (κ3) is 5.25. The number of carbonyl (C=O) groups excluding carboxylic acids is 2. The van der Waals surface area contributed by atoms with Crippen molar-refractivity contribution in [3.8, 4) is 0 Å². The lowest BCUT2D eigenvalue weighted by Gasteiger charge is -2.31. The number of amides is 2. The molecule has 29 heavy (non-hydrogen) atoms. The normalized spacial score (nSPS) is 14.4. The summed E-state index contributed by atoms with van der Waals surface area (Å²) in [6, 6.07) is 9.69. The lowest BCUT2D eigenvalue weighted by Crippen LogP contribution is -2.46. The highest BCUT2D eigenvalue weighted by Crippen LogP contribution is 2.22. The highest BCUT2D eigenvalue weighted by atomic mass is 16.6. The summed E-state index contributed by atoms with van der Waals surface area (Å²) >= 11 is 0. The van der Waals surface area contributed by atoms with Gasteiger partial charge in [-0.3, -0.25) is 4.79 Å². The molecule has 2 heterocycles. The average Bonchev–Trinajstić information content (AvgIpc) is 2.72. The van der Waals surface area contributed by atoms with E-state index < -0.39 is 0 Å². The summed E-state index contributed by atoms with van der Waals surface area (Å²) < 4.78 is 5.02. The summed E-state index contributed by atoms with van der Waals surface area (Å²) in [5, 5.41) is 6.33. The Morgan fingerprint density at radius 1 is 1.17 bits per heavy atom. The predicted octanol–water partition coefficient (Wildman–Crippen LogP) is 3.79. The Labute approximate surface area is 171 Å². The number of likely N-dealkylation sites (tertiary alicyclic amines) is 1. The first-order valence-electron chi connectivity index (χ1n) is 9.99. The standard InChI is InChI=1S/C22H28N4O3/c1-4-29-22(28)26-12-10-18(11-13-26)24-21(27)17-8-9-20(23-14-17)25-19-7-5-6-15(2)16(19)3/h5-9,14,18H,4,10-13H2,1-3H3,(H,23,25)(H,24,27). The Hall–Kier alpha value is -3.09. The molecule has 0 saturated carbocycles. The van der Waals surface area contributed by atoms with E-state index in [9.17, 15) is 9.59 Å². The molecule has 0 spiro atoms. The van der Waals surface area contributed by atoms with Gasteiger partial charge in [-0.15, -0.1) is 0 Å². The maximum atomic E-state index is 12.5. The molecule has 1 aromatic heterocycles. The van der Waals surface area contributed by atoms with Crippen LogP contribution in [0.4, 0.5) is 16.3 Å². The number of carbonyl (C=O) groups is 2. The van der Waals surface area contributed by atoms with E-state index in [1.807, 2.05) is 12.1 Å². The van der Waals surface area contributed by atoms with Gasteiger partial charge in [0.25, 0.3) is 5.91 Å². The fourth-order valence-electron chi connectivity index (χ4n) is 3.32. The van der Waals surface area contributed by atoms with Gasteiger partial charge < -0.3 is 20.3 Å². The van der Waals surface area contributed by atoms with Crippen LogP contribution in [0.25, 0.3) is 0 Å². The van der Waals surface area contributed by atoms with Crippen LogP contribution in [0.1, 0.15) is 41.3 Å². The fourth-order valence-corrected chi connectivity index (χ4v) is 3.32. The van der Waals surface area contributed by atoms with Gasteiger partial charge in [-0.1, -0.05) is 12.1 Å². The zero-order chi connectivity index (χ0) is 20.8. The minimum absolute atomic E-state index is 0.0425. The van der Waals surface area contributed by atoms with Gasteiger partial charge in [0.05, 0.1) is 12.2 Å². The Morgan fingerprint density at radius 2 is 1.93 bits per heavy atom. The van der Waals surface area contributed by atoms with E-state index in [2.05, 4.69) is 35.5 Å². The van der Waals surface area contributed by atoms with Gasteiger partial charge in [0.1, 0.15) is 5.82 Å². The molecule has 3 rings (SSSR count). The van der Waals surface area contributed by atoms with Gasteiger partial charge in [-0.25, -0.2) is 9.78 Å². The summed E-state index contributed by atoms with van der Waals surface area (Å²) in [7, 11) is 0. The molecule has 7 heteroatoms. The molecule has 1 saturated heterocycles. The fraction of sp³-hybridized carbons (Fsp3) is 0.409.